The van der Waals surface area contributed by atoms with E-state index in [2.05, 4.69) is 22.4 Å². The van der Waals surface area contributed by atoms with Gasteiger partial charge in [-0.05, 0) is 47.7 Å². The second kappa shape index (κ2) is 6.73. The number of amides is 1. The van der Waals surface area contributed by atoms with Crippen molar-refractivity contribution < 1.29 is 4.79 Å². The minimum Gasteiger partial charge on any atom is -0.337 e. The Kier molecular flexibility index (Phi) is 4.50. The number of tetrazole rings is 1. The Morgan fingerprint density at radius 3 is 2.52 bits per heavy atom. The maximum Gasteiger partial charge on any atom is 0.272 e. The zero-order chi connectivity index (χ0) is 16.2. The summed E-state index contributed by atoms with van der Waals surface area (Å²) in [6.45, 7) is 5.60. The number of carbonyl (C=O) groups excluding carboxylic acids is 1. The van der Waals surface area contributed by atoms with Crippen LogP contribution in [0.2, 0.25) is 0 Å². The zero-order valence-corrected chi connectivity index (χ0v) is 13.5. The third kappa shape index (κ3) is 3.47. The number of likely N-dealkylation sites (tertiary alicyclic amines) is 1. The molecule has 23 heavy (non-hydrogen) atoms. The highest BCUT2D eigenvalue weighted by molar-refractivity contribution is 6.18. The number of benzene rings is 1. The van der Waals surface area contributed by atoms with Gasteiger partial charge in [0.25, 0.3) is 5.91 Å². The molecule has 0 radical (unpaired) electrons. The van der Waals surface area contributed by atoms with Crippen molar-refractivity contribution in [3.05, 3.63) is 41.7 Å². The van der Waals surface area contributed by atoms with Crippen LogP contribution in [0.5, 0.6) is 0 Å². The monoisotopic (exact) mass is 311 g/mol. The van der Waals surface area contributed by atoms with Crippen molar-refractivity contribution in [3.63, 3.8) is 0 Å². The van der Waals surface area contributed by atoms with Gasteiger partial charge in [0.15, 0.2) is 5.82 Å². The number of hydrogen-bond acceptors (Lipinski definition) is 4. The van der Waals surface area contributed by atoms with Gasteiger partial charge in [-0.2, -0.15) is 4.68 Å². The van der Waals surface area contributed by atoms with Gasteiger partial charge in [0.2, 0.25) is 0 Å². The molecule has 2 heterocycles. The lowest BCUT2D eigenvalue weighted by molar-refractivity contribution is -0.126. The molecule has 0 unspecified atom stereocenters. The number of rotatable bonds is 3. The fourth-order valence-electron chi connectivity index (χ4n) is 2.75. The van der Waals surface area contributed by atoms with Gasteiger partial charge in [-0.25, -0.2) is 0 Å². The molecule has 0 atom stereocenters. The molecule has 0 N–H and O–H groups in total. The fraction of sp³-hybridized carbons (Fsp3) is 0.412. The first-order chi connectivity index (χ1) is 11.1. The van der Waals surface area contributed by atoms with Crippen LogP contribution < -0.4 is 0 Å². The highest BCUT2D eigenvalue weighted by Crippen LogP contribution is 2.21. The molecule has 0 spiro atoms. The van der Waals surface area contributed by atoms with Gasteiger partial charge in [0.1, 0.15) is 5.70 Å². The second-order valence-electron chi connectivity index (χ2n) is 6.05. The minimum atomic E-state index is -0.0175. The second-order valence-corrected chi connectivity index (χ2v) is 6.05. The molecule has 1 aliphatic heterocycles. The van der Waals surface area contributed by atoms with Crippen molar-refractivity contribution >= 4 is 17.7 Å². The van der Waals surface area contributed by atoms with E-state index in [1.165, 1.54) is 4.68 Å². The number of nitrogens with zero attached hydrogens (tertiary/aromatic N) is 5. The molecule has 0 bridgehead atoms. The highest BCUT2D eigenvalue weighted by Gasteiger charge is 2.25. The topological polar surface area (TPSA) is 63.9 Å². The van der Waals surface area contributed by atoms with Crippen LogP contribution in [0, 0.1) is 12.8 Å². The fourth-order valence-corrected chi connectivity index (χ4v) is 2.75. The first-order valence-corrected chi connectivity index (χ1v) is 7.96. The molecule has 1 amide bonds. The molecule has 6 nitrogen and oxygen atoms in total. The molecule has 1 aromatic heterocycles. The Labute approximate surface area is 135 Å². The molecule has 1 aliphatic rings. The van der Waals surface area contributed by atoms with Gasteiger partial charge in [-0.15, -0.1) is 5.10 Å². The number of carbonyl (C=O) groups is 1. The summed E-state index contributed by atoms with van der Waals surface area (Å²) < 4.78 is 1.52. The Balaban J connectivity index is 1.94. The van der Waals surface area contributed by atoms with Crippen LogP contribution in [0.1, 0.15) is 31.2 Å². The quantitative estimate of drug-likeness (QED) is 0.816. The summed E-state index contributed by atoms with van der Waals surface area (Å²) in [6, 6.07) is 9.77. The molecule has 0 saturated carbocycles. The third-order valence-electron chi connectivity index (χ3n) is 4.25. The SMILES string of the molecule is Cc1nnnn1C(=Cc1ccccc1)C(=O)N1CCC(C)CC1. The van der Waals surface area contributed by atoms with Crippen LogP contribution in [0.15, 0.2) is 30.3 Å². The van der Waals surface area contributed by atoms with E-state index in [4.69, 9.17) is 0 Å². The van der Waals surface area contributed by atoms with Crippen molar-refractivity contribution in [3.8, 4) is 0 Å². The Hall–Kier alpha value is -2.50. The summed E-state index contributed by atoms with van der Waals surface area (Å²) in [6.07, 6.45) is 3.93. The first kappa shape index (κ1) is 15.4. The maximum absolute atomic E-state index is 13.0. The van der Waals surface area contributed by atoms with E-state index in [1.807, 2.05) is 41.3 Å². The van der Waals surface area contributed by atoms with Gasteiger partial charge >= 0.3 is 0 Å². The number of aryl methyl sites for hydroxylation is 1. The zero-order valence-electron chi connectivity index (χ0n) is 13.5. The largest absolute Gasteiger partial charge is 0.337 e. The van der Waals surface area contributed by atoms with Gasteiger partial charge in [-0.1, -0.05) is 37.3 Å². The van der Waals surface area contributed by atoms with Crippen LogP contribution in [0.3, 0.4) is 0 Å². The first-order valence-electron chi connectivity index (χ1n) is 7.96. The molecule has 1 fully saturated rings. The van der Waals surface area contributed by atoms with Crippen LogP contribution >= 0.6 is 0 Å². The summed E-state index contributed by atoms with van der Waals surface area (Å²) in [4.78, 5) is 14.9. The van der Waals surface area contributed by atoms with E-state index in [1.54, 1.807) is 6.92 Å². The number of piperidine rings is 1. The molecular formula is C17H21N5O. The van der Waals surface area contributed by atoms with Crippen molar-refractivity contribution in [1.82, 2.24) is 25.1 Å². The molecule has 1 saturated heterocycles. The summed E-state index contributed by atoms with van der Waals surface area (Å²) in [7, 11) is 0. The van der Waals surface area contributed by atoms with E-state index in [9.17, 15) is 4.79 Å². The summed E-state index contributed by atoms with van der Waals surface area (Å²) in [5, 5.41) is 11.6. The molecule has 2 aromatic rings. The summed E-state index contributed by atoms with van der Waals surface area (Å²) >= 11 is 0. The lowest BCUT2D eigenvalue weighted by atomic mass is 9.99. The predicted molar refractivity (Wildman–Crippen MR) is 88.1 cm³/mol. The van der Waals surface area contributed by atoms with Crippen LogP contribution in [-0.4, -0.2) is 44.1 Å². The molecule has 0 aliphatic carbocycles. The van der Waals surface area contributed by atoms with E-state index >= 15 is 0 Å². The average Bonchev–Trinajstić information content (AvgIpc) is 2.99. The Morgan fingerprint density at radius 2 is 1.91 bits per heavy atom. The van der Waals surface area contributed by atoms with E-state index in [0.717, 1.165) is 31.5 Å². The molecule has 120 valence electrons. The van der Waals surface area contributed by atoms with Crippen molar-refractivity contribution in [2.24, 2.45) is 5.92 Å². The maximum atomic E-state index is 13.0. The van der Waals surface area contributed by atoms with Crippen molar-refractivity contribution in [1.29, 1.82) is 0 Å². The van der Waals surface area contributed by atoms with Crippen LogP contribution in [0.25, 0.3) is 11.8 Å². The van der Waals surface area contributed by atoms with Crippen molar-refractivity contribution in [2.45, 2.75) is 26.7 Å². The standard InChI is InChI=1S/C17H21N5O/c1-13-8-10-21(11-9-13)17(23)16(22-14(2)18-19-20-22)12-15-6-4-3-5-7-15/h3-7,12-13H,8-11H2,1-2H3. The summed E-state index contributed by atoms with van der Waals surface area (Å²) in [5.41, 5.74) is 1.45. The minimum absolute atomic E-state index is 0.0175. The lowest BCUT2D eigenvalue weighted by Crippen LogP contribution is -2.39. The number of aromatic nitrogens is 4. The average molecular weight is 311 g/mol. The van der Waals surface area contributed by atoms with Crippen LogP contribution in [0.4, 0.5) is 0 Å². The third-order valence-corrected chi connectivity index (χ3v) is 4.25. The normalized spacial score (nSPS) is 16.6. The van der Waals surface area contributed by atoms with Crippen molar-refractivity contribution in [2.75, 3.05) is 13.1 Å². The van der Waals surface area contributed by atoms with E-state index < -0.39 is 0 Å². The van der Waals surface area contributed by atoms with Crippen LogP contribution in [-0.2, 0) is 4.79 Å². The number of hydrogen-bond donors (Lipinski definition) is 0. The molecular weight excluding hydrogens is 290 g/mol. The molecule has 6 heteroatoms. The highest BCUT2D eigenvalue weighted by atomic mass is 16.2. The predicted octanol–water partition coefficient (Wildman–Crippen LogP) is 2.24. The van der Waals surface area contributed by atoms with Gasteiger partial charge in [0.05, 0.1) is 0 Å². The van der Waals surface area contributed by atoms with E-state index in [-0.39, 0.29) is 5.91 Å². The Bertz CT molecular complexity index is 699. The Morgan fingerprint density at radius 1 is 1.22 bits per heavy atom. The van der Waals surface area contributed by atoms with Gasteiger partial charge < -0.3 is 4.90 Å². The van der Waals surface area contributed by atoms with E-state index in [0.29, 0.717) is 17.4 Å². The van der Waals surface area contributed by atoms with Gasteiger partial charge in [0, 0.05) is 13.1 Å². The van der Waals surface area contributed by atoms with Gasteiger partial charge in [-0.3, -0.25) is 4.79 Å². The molecule has 3 rings (SSSR count). The lowest BCUT2D eigenvalue weighted by Gasteiger charge is -2.30. The summed E-state index contributed by atoms with van der Waals surface area (Å²) in [5.74, 6) is 1.26. The smallest absolute Gasteiger partial charge is 0.272 e. The molecule has 1 aromatic carbocycles.